The summed E-state index contributed by atoms with van der Waals surface area (Å²) in [4.78, 5) is 2.99. The van der Waals surface area contributed by atoms with Gasteiger partial charge in [0.25, 0.3) is 0 Å². The highest BCUT2D eigenvalue weighted by Crippen LogP contribution is 2.28. The first-order chi connectivity index (χ1) is 7.97. The third-order valence-electron chi connectivity index (χ3n) is 2.28. The zero-order valence-electron chi connectivity index (χ0n) is 8.66. The molecule has 0 saturated heterocycles. The third-order valence-corrected chi connectivity index (χ3v) is 3.29. The molecule has 0 amide bonds. The third kappa shape index (κ3) is 2.95. The van der Waals surface area contributed by atoms with E-state index >= 15 is 0 Å². The van der Waals surface area contributed by atoms with E-state index in [0.717, 1.165) is 22.7 Å². The zero-order valence-corrected chi connectivity index (χ0v) is 9.48. The largest absolute Gasteiger partial charge is 0.415 e. The van der Waals surface area contributed by atoms with Gasteiger partial charge < -0.3 is 10.1 Å². The Kier molecular flexibility index (Phi) is 3.35. The summed E-state index contributed by atoms with van der Waals surface area (Å²) in [7, 11) is 0. The van der Waals surface area contributed by atoms with Crippen molar-refractivity contribution in [1.29, 1.82) is 0 Å². The predicted octanol–water partition coefficient (Wildman–Crippen LogP) is 3.18. The molecule has 0 aliphatic rings. The van der Waals surface area contributed by atoms with Gasteiger partial charge in [-0.1, -0.05) is 18.2 Å². The first kappa shape index (κ1) is 12.3. The van der Waals surface area contributed by atoms with Gasteiger partial charge in [-0.25, -0.2) is 0 Å². The molecule has 0 saturated carbocycles. The maximum absolute atomic E-state index is 12.1. The summed E-state index contributed by atoms with van der Waals surface area (Å²) < 4.78 is 36.2. The Labute approximate surface area is 99.8 Å². The number of thioether (sulfide) groups is 1. The minimum Gasteiger partial charge on any atom is -0.383 e. The van der Waals surface area contributed by atoms with Crippen LogP contribution in [-0.4, -0.2) is 28.1 Å². The maximum atomic E-state index is 12.1. The van der Waals surface area contributed by atoms with Crippen molar-refractivity contribution in [3.05, 3.63) is 30.3 Å². The van der Waals surface area contributed by atoms with Crippen LogP contribution in [0.25, 0.3) is 10.9 Å². The van der Waals surface area contributed by atoms with Gasteiger partial charge in [-0.05, 0) is 12.1 Å². The summed E-state index contributed by atoms with van der Waals surface area (Å²) in [5.74, 6) is -0.406. The Hall–Kier alpha value is -1.14. The smallest absolute Gasteiger partial charge is 0.383 e. The van der Waals surface area contributed by atoms with E-state index in [1.54, 1.807) is 6.07 Å². The molecule has 0 radical (unpaired) electrons. The molecule has 2 rings (SSSR count). The van der Waals surface area contributed by atoms with Crippen molar-refractivity contribution in [1.82, 2.24) is 4.98 Å². The minimum absolute atomic E-state index is 0.406. The van der Waals surface area contributed by atoms with Crippen molar-refractivity contribution in [2.45, 2.75) is 17.3 Å². The first-order valence-electron chi connectivity index (χ1n) is 4.92. The number of nitrogens with one attached hydrogen (secondary N) is 1. The maximum Gasteiger partial charge on any atom is 0.415 e. The SMILES string of the molecule is OC(CSc1cc2ccccc2[nH]1)C(F)(F)F. The summed E-state index contributed by atoms with van der Waals surface area (Å²) >= 11 is 0.956. The molecule has 0 aliphatic carbocycles. The lowest BCUT2D eigenvalue weighted by Gasteiger charge is -2.12. The number of hydrogen-bond acceptors (Lipinski definition) is 2. The lowest BCUT2D eigenvalue weighted by molar-refractivity contribution is -0.195. The molecule has 2 N–H and O–H groups in total. The fraction of sp³-hybridized carbons (Fsp3) is 0.273. The Balaban J connectivity index is 2.04. The molecule has 1 unspecified atom stereocenters. The molecule has 0 aliphatic heterocycles. The number of benzene rings is 1. The van der Waals surface area contributed by atoms with Gasteiger partial charge in [0.2, 0.25) is 0 Å². The van der Waals surface area contributed by atoms with Crippen molar-refractivity contribution >= 4 is 22.7 Å². The standard InChI is InChI=1S/C11H10F3NOS/c12-11(13,14)9(16)6-17-10-5-7-3-1-2-4-8(7)15-10/h1-5,9,15-16H,6H2. The minimum atomic E-state index is -4.56. The molecule has 1 aromatic carbocycles. The quantitative estimate of drug-likeness (QED) is 0.832. The number of halogens is 3. The van der Waals surface area contributed by atoms with Crippen LogP contribution in [0.2, 0.25) is 0 Å². The van der Waals surface area contributed by atoms with Crippen LogP contribution < -0.4 is 0 Å². The highest BCUT2D eigenvalue weighted by Gasteiger charge is 2.37. The van der Waals surface area contributed by atoms with Gasteiger partial charge in [0.15, 0.2) is 6.10 Å². The molecule has 1 atom stereocenters. The lowest BCUT2D eigenvalue weighted by atomic mass is 10.3. The molecule has 17 heavy (non-hydrogen) atoms. The number of aromatic nitrogens is 1. The number of fused-ring (bicyclic) bond motifs is 1. The van der Waals surface area contributed by atoms with Crippen LogP contribution in [0.5, 0.6) is 0 Å². The molecule has 92 valence electrons. The van der Waals surface area contributed by atoms with Crippen LogP contribution in [0, 0.1) is 0 Å². The van der Waals surface area contributed by atoms with Gasteiger partial charge in [0.1, 0.15) is 0 Å². The summed E-state index contributed by atoms with van der Waals surface area (Å²) in [5, 5.41) is 10.4. The fourth-order valence-electron chi connectivity index (χ4n) is 1.39. The molecule has 0 bridgehead atoms. The highest BCUT2D eigenvalue weighted by atomic mass is 32.2. The molecule has 1 aromatic heterocycles. The molecule has 6 heteroatoms. The van der Waals surface area contributed by atoms with E-state index in [9.17, 15) is 13.2 Å². The number of alkyl halides is 3. The number of aromatic amines is 1. The van der Waals surface area contributed by atoms with Crippen LogP contribution in [-0.2, 0) is 0 Å². The van der Waals surface area contributed by atoms with Crippen molar-refractivity contribution in [3.63, 3.8) is 0 Å². The highest BCUT2D eigenvalue weighted by molar-refractivity contribution is 7.99. The monoisotopic (exact) mass is 261 g/mol. The van der Waals surface area contributed by atoms with Crippen LogP contribution in [0.1, 0.15) is 0 Å². The molecular formula is C11H10F3NOS. The van der Waals surface area contributed by atoms with Gasteiger partial charge in [-0.15, -0.1) is 11.8 Å². The van der Waals surface area contributed by atoms with Crippen molar-refractivity contribution in [3.8, 4) is 0 Å². The molecular weight excluding hydrogens is 251 g/mol. The number of aliphatic hydroxyl groups is 1. The normalized spacial score (nSPS) is 14.1. The van der Waals surface area contributed by atoms with E-state index in [4.69, 9.17) is 5.11 Å². The van der Waals surface area contributed by atoms with E-state index in [0.29, 0.717) is 5.03 Å². The fourth-order valence-corrected chi connectivity index (χ4v) is 2.31. The second kappa shape index (κ2) is 4.62. The molecule has 2 nitrogen and oxygen atoms in total. The number of hydrogen-bond donors (Lipinski definition) is 2. The van der Waals surface area contributed by atoms with Gasteiger partial charge in [-0.2, -0.15) is 13.2 Å². The van der Waals surface area contributed by atoms with Gasteiger partial charge in [0, 0.05) is 16.7 Å². The first-order valence-corrected chi connectivity index (χ1v) is 5.91. The van der Waals surface area contributed by atoms with Crippen LogP contribution in [0.3, 0.4) is 0 Å². The number of H-pyrrole nitrogens is 1. The van der Waals surface area contributed by atoms with E-state index in [-0.39, 0.29) is 0 Å². The summed E-state index contributed by atoms with van der Waals surface area (Å²) in [6, 6.07) is 9.19. The van der Waals surface area contributed by atoms with Crippen molar-refractivity contribution in [2.75, 3.05) is 5.75 Å². The average Bonchev–Trinajstić information content (AvgIpc) is 2.66. The second-order valence-electron chi connectivity index (χ2n) is 3.59. The van der Waals surface area contributed by atoms with Gasteiger partial charge in [0.05, 0.1) is 5.03 Å². The van der Waals surface area contributed by atoms with E-state index in [1.807, 2.05) is 24.3 Å². The summed E-state index contributed by atoms with van der Waals surface area (Å²) in [6.07, 6.45) is -6.85. The zero-order chi connectivity index (χ0) is 12.5. The van der Waals surface area contributed by atoms with E-state index in [1.165, 1.54) is 0 Å². The average molecular weight is 261 g/mol. The number of para-hydroxylation sites is 1. The Morgan fingerprint density at radius 3 is 2.65 bits per heavy atom. The van der Waals surface area contributed by atoms with Gasteiger partial charge >= 0.3 is 6.18 Å². The van der Waals surface area contributed by atoms with Crippen molar-refractivity contribution < 1.29 is 18.3 Å². The Bertz CT molecular complexity index is 476. The summed E-state index contributed by atoms with van der Waals surface area (Å²) in [5.41, 5.74) is 0.872. The van der Waals surface area contributed by atoms with Crippen LogP contribution in [0.4, 0.5) is 13.2 Å². The van der Waals surface area contributed by atoms with Crippen LogP contribution in [0.15, 0.2) is 35.4 Å². The lowest BCUT2D eigenvalue weighted by Crippen LogP contribution is -2.30. The molecule has 0 spiro atoms. The van der Waals surface area contributed by atoms with Gasteiger partial charge in [-0.3, -0.25) is 0 Å². The topological polar surface area (TPSA) is 36.0 Å². The van der Waals surface area contributed by atoms with Crippen LogP contribution >= 0.6 is 11.8 Å². The number of rotatable bonds is 3. The molecule has 0 fully saturated rings. The number of aliphatic hydroxyl groups excluding tert-OH is 1. The van der Waals surface area contributed by atoms with E-state index < -0.39 is 18.0 Å². The molecule has 1 heterocycles. The Morgan fingerprint density at radius 2 is 2.00 bits per heavy atom. The Morgan fingerprint density at radius 1 is 1.29 bits per heavy atom. The predicted molar refractivity (Wildman–Crippen MR) is 61.1 cm³/mol. The second-order valence-corrected chi connectivity index (χ2v) is 4.65. The van der Waals surface area contributed by atoms with Crippen molar-refractivity contribution in [2.24, 2.45) is 0 Å². The van der Waals surface area contributed by atoms with E-state index in [2.05, 4.69) is 4.98 Å². The summed E-state index contributed by atoms with van der Waals surface area (Å²) in [6.45, 7) is 0. The molecule has 2 aromatic rings.